The molecular formula is C17H16ClN3O4S. The molecular weight excluding hydrogens is 378 g/mol. The summed E-state index contributed by atoms with van der Waals surface area (Å²) in [5.41, 5.74) is 0.504. The van der Waals surface area contributed by atoms with Gasteiger partial charge < -0.3 is 10.6 Å². The lowest BCUT2D eigenvalue weighted by Crippen LogP contribution is -2.35. The maximum Gasteiger partial charge on any atom is 0.269 e. The van der Waals surface area contributed by atoms with Crippen LogP contribution in [0.25, 0.3) is 0 Å². The van der Waals surface area contributed by atoms with E-state index in [0.717, 1.165) is 4.90 Å². The van der Waals surface area contributed by atoms with E-state index in [1.165, 1.54) is 23.9 Å². The summed E-state index contributed by atoms with van der Waals surface area (Å²) >= 11 is 7.04. The molecule has 0 saturated heterocycles. The van der Waals surface area contributed by atoms with Gasteiger partial charge in [-0.15, -0.1) is 11.8 Å². The van der Waals surface area contributed by atoms with Crippen molar-refractivity contribution in [2.75, 3.05) is 18.8 Å². The van der Waals surface area contributed by atoms with Gasteiger partial charge in [0, 0.05) is 40.7 Å². The second kappa shape index (κ2) is 9.79. The van der Waals surface area contributed by atoms with Gasteiger partial charge in [-0.25, -0.2) is 0 Å². The van der Waals surface area contributed by atoms with Gasteiger partial charge in [0.1, 0.15) is 0 Å². The van der Waals surface area contributed by atoms with Gasteiger partial charge in [-0.1, -0.05) is 11.6 Å². The number of hydrogen-bond acceptors (Lipinski definition) is 5. The third-order valence-electron chi connectivity index (χ3n) is 3.26. The van der Waals surface area contributed by atoms with Crippen LogP contribution in [-0.2, 0) is 4.79 Å². The summed E-state index contributed by atoms with van der Waals surface area (Å²) in [4.78, 5) is 34.5. The highest BCUT2D eigenvalue weighted by Crippen LogP contribution is 2.20. The van der Waals surface area contributed by atoms with Gasteiger partial charge in [0.15, 0.2) is 0 Å². The minimum atomic E-state index is -0.473. The summed E-state index contributed by atoms with van der Waals surface area (Å²) in [6.45, 7) is 0.606. The van der Waals surface area contributed by atoms with Gasteiger partial charge in [0.05, 0.1) is 10.7 Å². The van der Waals surface area contributed by atoms with Crippen LogP contribution in [0.15, 0.2) is 53.4 Å². The van der Waals surface area contributed by atoms with Crippen LogP contribution in [0.2, 0.25) is 5.02 Å². The monoisotopic (exact) mass is 393 g/mol. The number of nitrogens with one attached hydrogen (secondary N) is 2. The van der Waals surface area contributed by atoms with E-state index in [9.17, 15) is 19.7 Å². The summed E-state index contributed by atoms with van der Waals surface area (Å²) in [5.74, 6) is -0.242. The first-order valence-corrected chi connectivity index (χ1v) is 9.00. The summed E-state index contributed by atoms with van der Waals surface area (Å²) < 4.78 is 0. The van der Waals surface area contributed by atoms with Crippen molar-refractivity contribution in [3.63, 3.8) is 0 Å². The number of carbonyl (C=O) groups excluding carboxylic acids is 2. The smallest absolute Gasteiger partial charge is 0.269 e. The fraction of sp³-hybridized carbons (Fsp3) is 0.176. The fourth-order valence-corrected chi connectivity index (χ4v) is 2.80. The van der Waals surface area contributed by atoms with E-state index in [0.29, 0.717) is 23.7 Å². The van der Waals surface area contributed by atoms with Crippen molar-refractivity contribution in [1.82, 2.24) is 10.6 Å². The molecule has 26 heavy (non-hydrogen) atoms. The molecule has 0 unspecified atom stereocenters. The molecule has 0 saturated carbocycles. The van der Waals surface area contributed by atoms with E-state index in [-0.39, 0.29) is 23.3 Å². The number of nitro groups is 1. The Morgan fingerprint density at radius 2 is 1.62 bits per heavy atom. The molecule has 2 rings (SSSR count). The lowest BCUT2D eigenvalue weighted by Gasteiger charge is -2.07. The van der Waals surface area contributed by atoms with Crippen molar-refractivity contribution < 1.29 is 14.5 Å². The number of carbonyl (C=O) groups is 2. The molecule has 0 fully saturated rings. The quantitative estimate of drug-likeness (QED) is 0.311. The molecule has 136 valence electrons. The van der Waals surface area contributed by atoms with Gasteiger partial charge in [0.25, 0.3) is 11.6 Å². The van der Waals surface area contributed by atoms with Crippen LogP contribution >= 0.6 is 23.4 Å². The van der Waals surface area contributed by atoms with E-state index < -0.39 is 4.92 Å². The molecule has 7 nitrogen and oxygen atoms in total. The third kappa shape index (κ3) is 6.38. The molecule has 0 spiro atoms. The fourth-order valence-electron chi connectivity index (χ4n) is 1.95. The highest BCUT2D eigenvalue weighted by Gasteiger charge is 2.07. The Kier molecular flexibility index (Phi) is 7.43. The van der Waals surface area contributed by atoms with E-state index in [1.807, 2.05) is 0 Å². The molecule has 2 N–H and O–H groups in total. The predicted octanol–water partition coefficient (Wildman–Crippen LogP) is 2.89. The van der Waals surface area contributed by atoms with Crippen LogP contribution in [0.3, 0.4) is 0 Å². The number of nitro benzene ring substituents is 1. The van der Waals surface area contributed by atoms with E-state index >= 15 is 0 Å². The highest BCUT2D eigenvalue weighted by molar-refractivity contribution is 8.00. The summed E-state index contributed by atoms with van der Waals surface area (Å²) in [6, 6.07) is 12.5. The number of amides is 2. The van der Waals surface area contributed by atoms with E-state index in [4.69, 9.17) is 11.6 Å². The van der Waals surface area contributed by atoms with Crippen molar-refractivity contribution in [3.05, 3.63) is 69.2 Å². The van der Waals surface area contributed by atoms with Gasteiger partial charge in [0.2, 0.25) is 5.91 Å². The summed E-state index contributed by atoms with van der Waals surface area (Å²) in [7, 11) is 0. The molecule has 0 aliphatic rings. The van der Waals surface area contributed by atoms with E-state index in [2.05, 4.69) is 10.6 Å². The number of halogens is 1. The van der Waals surface area contributed by atoms with Crippen LogP contribution in [0.1, 0.15) is 10.4 Å². The molecule has 2 aromatic rings. The number of non-ortho nitro benzene ring substituents is 1. The molecule has 9 heteroatoms. The zero-order valence-corrected chi connectivity index (χ0v) is 15.2. The zero-order chi connectivity index (χ0) is 18.9. The predicted molar refractivity (Wildman–Crippen MR) is 101 cm³/mol. The van der Waals surface area contributed by atoms with Crippen LogP contribution < -0.4 is 10.6 Å². The second-order valence-electron chi connectivity index (χ2n) is 5.15. The first kappa shape index (κ1) is 19.7. The van der Waals surface area contributed by atoms with Crippen LogP contribution in [0.4, 0.5) is 5.69 Å². The van der Waals surface area contributed by atoms with Crippen molar-refractivity contribution in [2.24, 2.45) is 0 Å². The Balaban J connectivity index is 1.65. The van der Waals surface area contributed by atoms with Gasteiger partial charge in [-0.3, -0.25) is 19.7 Å². The number of thioether (sulfide) groups is 1. The maximum atomic E-state index is 11.9. The molecule has 0 aromatic heterocycles. The van der Waals surface area contributed by atoms with E-state index in [1.54, 1.807) is 36.4 Å². The largest absolute Gasteiger partial charge is 0.354 e. The average molecular weight is 394 g/mol. The Morgan fingerprint density at radius 3 is 2.23 bits per heavy atom. The number of hydrogen-bond donors (Lipinski definition) is 2. The van der Waals surface area contributed by atoms with Crippen molar-refractivity contribution in [2.45, 2.75) is 4.90 Å². The summed E-state index contributed by atoms with van der Waals surface area (Å²) in [5, 5.41) is 16.5. The molecule has 0 aliphatic carbocycles. The maximum absolute atomic E-state index is 11.9. The molecule has 2 aromatic carbocycles. The minimum absolute atomic E-state index is 0.00947. The Labute approximate surface area is 159 Å². The van der Waals surface area contributed by atoms with Crippen LogP contribution in [0, 0.1) is 10.1 Å². The van der Waals surface area contributed by atoms with Gasteiger partial charge >= 0.3 is 0 Å². The molecule has 0 radical (unpaired) electrons. The topological polar surface area (TPSA) is 101 Å². The SMILES string of the molecule is O=C(CSc1ccc([N+](=O)[O-])cc1)NCCNC(=O)c1ccc(Cl)cc1. The summed E-state index contributed by atoms with van der Waals surface area (Å²) in [6.07, 6.45) is 0. The average Bonchev–Trinajstić information content (AvgIpc) is 2.64. The lowest BCUT2D eigenvalue weighted by molar-refractivity contribution is -0.384. The number of rotatable bonds is 8. The van der Waals surface area contributed by atoms with Crippen molar-refractivity contribution >= 4 is 40.9 Å². The van der Waals surface area contributed by atoms with Crippen LogP contribution in [-0.4, -0.2) is 35.6 Å². The molecule has 0 atom stereocenters. The van der Waals surface area contributed by atoms with Crippen molar-refractivity contribution in [1.29, 1.82) is 0 Å². The lowest BCUT2D eigenvalue weighted by atomic mass is 10.2. The zero-order valence-electron chi connectivity index (χ0n) is 13.6. The first-order chi connectivity index (χ1) is 12.5. The van der Waals surface area contributed by atoms with Gasteiger partial charge in [-0.2, -0.15) is 0 Å². The molecule has 2 amide bonds. The third-order valence-corrected chi connectivity index (χ3v) is 4.52. The Bertz CT molecular complexity index is 782. The molecule has 0 heterocycles. The first-order valence-electron chi connectivity index (χ1n) is 7.63. The van der Waals surface area contributed by atoms with Crippen molar-refractivity contribution in [3.8, 4) is 0 Å². The second-order valence-corrected chi connectivity index (χ2v) is 6.64. The minimum Gasteiger partial charge on any atom is -0.354 e. The molecule has 0 aliphatic heterocycles. The number of nitrogens with zero attached hydrogens (tertiary/aromatic N) is 1. The Morgan fingerprint density at radius 1 is 1.00 bits per heavy atom. The molecule has 0 bridgehead atoms. The van der Waals surface area contributed by atoms with Gasteiger partial charge in [-0.05, 0) is 36.4 Å². The normalized spacial score (nSPS) is 10.2. The van der Waals surface area contributed by atoms with Crippen LogP contribution in [0.5, 0.6) is 0 Å². The highest BCUT2D eigenvalue weighted by atomic mass is 35.5. The Hall–Kier alpha value is -2.58. The number of benzene rings is 2. The standard InChI is InChI=1S/C17H16ClN3O4S/c18-13-3-1-12(2-4-13)17(23)20-10-9-19-16(22)11-26-15-7-5-14(6-8-15)21(24)25/h1-8H,9-11H2,(H,19,22)(H,20,23).